The lowest BCUT2D eigenvalue weighted by Crippen LogP contribution is -2.23. The molecule has 23 heavy (non-hydrogen) atoms. The standard InChI is InChI=1S/C18H14ClN3O/c1-11-10-20-18-14-5-3-4-6-15(14)22(12(2)23)17-9-13(19)7-8-16(17)21(11)18/h3-10H,1-2H3. The first kappa shape index (κ1) is 14.0. The third-order valence-electron chi connectivity index (χ3n) is 4.06. The Morgan fingerprint density at radius 1 is 1.09 bits per heavy atom. The Balaban J connectivity index is 2.19. The molecule has 2 heterocycles. The molecule has 3 aromatic rings. The lowest BCUT2D eigenvalue weighted by molar-refractivity contribution is -0.115. The highest BCUT2D eigenvalue weighted by molar-refractivity contribution is 6.31. The predicted molar refractivity (Wildman–Crippen MR) is 91.6 cm³/mol. The summed E-state index contributed by atoms with van der Waals surface area (Å²) < 4.78 is 2.06. The van der Waals surface area contributed by atoms with Gasteiger partial charge in [-0.3, -0.25) is 14.3 Å². The highest BCUT2D eigenvalue weighted by Crippen LogP contribution is 2.43. The van der Waals surface area contributed by atoms with Crippen LogP contribution in [0.15, 0.2) is 48.7 Å². The zero-order valence-corrected chi connectivity index (χ0v) is 13.5. The van der Waals surface area contributed by atoms with E-state index in [1.54, 1.807) is 11.8 Å². The number of carbonyl (C=O) groups is 1. The molecule has 1 amide bonds. The summed E-state index contributed by atoms with van der Waals surface area (Å²) in [6.45, 7) is 3.56. The van der Waals surface area contributed by atoms with Crippen molar-refractivity contribution >= 4 is 28.9 Å². The van der Waals surface area contributed by atoms with E-state index in [2.05, 4.69) is 9.55 Å². The fourth-order valence-electron chi connectivity index (χ4n) is 3.12. The number of aryl methyl sites for hydroxylation is 1. The number of fused-ring (bicyclic) bond motifs is 5. The molecule has 0 fully saturated rings. The van der Waals surface area contributed by atoms with E-state index in [1.807, 2.05) is 55.6 Å². The molecule has 4 nitrogen and oxygen atoms in total. The molecule has 0 atom stereocenters. The summed E-state index contributed by atoms with van der Waals surface area (Å²) in [5.74, 6) is 0.759. The van der Waals surface area contributed by atoms with Crippen molar-refractivity contribution in [3.63, 3.8) is 0 Å². The lowest BCUT2D eigenvalue weighted by atomic mass is 10.1. The second kappa shape index (κ2) is 4.96. The van der Waals surface area contributed by atoms with E-state index in [0.717, 1.165) is 34.1 Å². The Labute approximate surface area is 138 Å². The molecule has 0 spiro atoms. The second-order valence-electron chi connectivity index (χ2n) is 5.56. The van der Waals surface area contributed by atoms with Crippen molar-refractivity contribution in [3.05, 3.63) is 59.4 Å². The van der Waals surface area contributed by atoms with Crippen LogP contribution in [-0.2, 0) is 4.79 Å². The van der Waals surface area contributed by atoms with E-state index in [0.29, 0.717) is 5.02 Å². The maximum absolute atomic E-state index is 12.4. The summed E-state index contributed by atoms with van der Waals surface area (Å²) in [5.41, 5.74) is 4.39. The zero-order chi connectivity index (χ0) is 16.1. The van der Waals surface area contributed by atoms with Crippen molar-refractivity contribution in [2.75, 3.05) is 4.90 Å². The van der Waals surface area contributed by atoms with E-state index in [4.69, 9.17) is 11.6 Å². The molecule has 1 aliphatic rings. The molecule has 0 bridgehead atoms. The number of carbonyl (C=O) groups excluding carboxylic acids is 1. The van der Waals surface area contributed by atoms with Gasteiger partial charge in [0.15, 0.2) is 0 Å². The third kappa shape index (κ3) is 1.99. The minimum Gasteiger partial charge on any atom is -0.295 e. The molecule has 0 N–H and O–H groups in total. The fourth-order valence-corrected chi connectivity index (χ4v) is 3.29. The number of amides is 1. The summed E-state index contributed by atoms with van der Waals surface area (Å²) in [6.07, 6.45) is 1.84. The van der Waals surface area contributed by atoms with Gasteiger partial charge >= 0.3 is 0 Å². The number of aromatic nitrogens is 2. The van der Waals surface area contributed by atoms with Gasteiger partial charge in [0.2, 0.25) is 5.91 Å². The molecule has 0 saturated heterocycles. The first-order valence-electron chi connectivity index (χ1n) is 7.32. The van der Waals surface area contributed by atoms with Crippen LogP contribution in [0.25, 0.3) is 17.1 Å². The predicted octanol–water partition coefficient (Wildman–Crippen LogP) is 4.50. The van der Waals surface area contributed by atoms with Gasteiger partial charge in [-0.15, -0.1) is 0 Å². The van der Waals surface area contributed by atoms with Gasteiger partial charge < -0.3 is 0 Å². The average Bonchev–Trinajstić information content (AvgIpc) is 2.84. The van der Waals surface area contributed by atoms with Crippen LogP contribution >= 0.6 is 11.6 Å². The Morgan fingerprint density at radius 3 is 2.65 bits per heavy atom. The van der Waals surface area contributed by atoms with Crippen LogP contribution in [-0.4, -0.2) is 15.5 Å². The number of imidazole rings is 1. The second-order valence-corrected chi connectivity index (χ2v) is 6.00. The van der Waals surface area contributed by atoms with Crippen molar-refractivity contribution in [1.29, 1.82) is 0 Å². The Bertz CT molecular complexity index is 945. The van der Waals surface area contributed by atoms with Gasteiger partial charge in [0, 0.05) is 29.4 Å². The summed E-state index contributed by atoms with van der Waals surface area (Å²) in [7, 11) is 0. The first-order valence-corrected chi connectivity index (χ1v) is 7.70. The van der Waals surface area contributed by atoms with Crippen molar-refractivity contribution in [2.24, 2.45) is 0 Å². The zero-order valence-electron chi connectivity index (χ0n) is 12.7. The van der Waals surface area contributed by atoms with Gasteiger partial charge in [0.25, 0.3) is 0 Å². The Morgan fingerprint density at radius 2 is 1.87 bits per heavy atom. The molecular formula is C18H14ClN3O. The summed E-state index contributed by atoms with van der Waals surface area (Å²) in [4.78, 5) is 18.7. The SMILES string of the molecule is CC(=O)N1c2ccccc2-c2ncc(C)n2-c2ccc(Cl)cc21. The Hall–Kier alpha value is -2.59. The summed E-state index contributed by atoms with van der Waals surface area (Å²) >= 11 is 6.20. The number of hydrogen-bond acceptors (Lipinski definition) is 2. The quantitative estimate of drug-likeness (QED) is 0.611. The van der Waals surface area contributed by atoms with Crippen LogP contribution in [0.3, 0.4) is 0 Å². The van der Waals surface area contributed by atoms with Gasteiger partial charge in [-0.2, -0.15) is 0 Å². The smallest absolute Gasteiger partial charge is 0.228 e. The van der Waals surface area contributed by atoms with E-state index in [1.165, 1.54) is 0 Å². The number of halogens is 1. The van der Waals surface area contributed by atoms with Gasteiger partial charge in [0.1, 0.15) is 5.82 Å². The van der Waals surface area contributed by atoms with E-state index >= 15 is 0 Å². The van der Waals surface area contributed by atoms with Crippen LogP contribution in [0.1, 0.15) is 12.6 Å². The van der Waals surface area contributed by atoms with Crippen LogP contribution in [0.2, 0.25) is 5.02 Å². The van der Waals surface area contributed by atoms with Crippen molar-refractivity contribution < 1.29 is 4.79 Å². The Kier molecular flexibility index (Phi) is 3.03. The van der Waals surface area contributed by atoms with Crippen molar-refractivity contribution in [3.8, 4) is 17.1 Å². The van der Waals surface area contributed by atoms with E-state index in [9.17, 15) is 4.79 Å². The van der Waals surface area contributed by atoms with E-state index < -0.39 is 0 Å². The highest BCUT2D eigenvalue weighted by atomic mass is 35.5. The molecule has 2 aromatic carbocycles. The van der Waals surface area contributed by atoms with Gasteiger partial charge in [0.05, 0.1) is 17.1 Å². The number of hydrogen-bond donors (Lipinski definition) is 0. The van der Waals surface area contributed by atoms with Crippen molar-refractivity contribution in [1.82, 2.24) is 9.55 Å². The van der Waals surface area contributed by atoms with Crippen LogP contribution in [0, 0.1) is 6.92 Å². The minimum absolute atomic E-state index is 0.0654. The molecule has 0 aliphatic carbocycles. The van der Waals surface area contributed by atoms with Gasteiger partial charge in [-0.05, 0) is 37.3 Å². The van der Waals surface area contributed by atoms with Gasteiger partial charge in [-0.1, -0.05) is 23.7 Å². The molecular weight excluding hydrogens is 310 g/mol. The van der Waals surface area contributed by atoms with Crippen LogP contribution < -0.4 is 4.90 Å². The molecule has 4 rings (SSSR count). The number of nitrogens with zero attached hydrogens (tertiary/aromatic N) is 3. The molecule has 114 valence electrons. The molecule has 0 radical (unpaired) electrons. The highest BCUT2D eigenvalue weighted by Gasteiger charge is 2.28. The first-order chi connectivity index (χ1) is 11.1. The molecule has 0 unspecified atom stereocenters. The topological polar surface area (TPSA) is 38.1 Å². The number of benzene rings is 2. The van der Waals surface area contributed by atoms with Gasteiger partial charge in [-0.25, -0.2) is 4.98 Å². The number of para-hydroxylation sites is 1. The molecule has 1 aliphatic heterocycles. The average molecular weight is 324 g/mol. The van der Waals surface area contributed by atoms with Crippen LogP contribution in [0.4, 0.5) is 11.4 Å². The van der Waals surface area contributed by atoms with Crippen LogP contribution in [0.5, 0.6) is 0 Å². The van der Waals surface area contributed by atoms with Crippen molar-refractivity contribution in [2.45, 2.75) is 13.8 Å². The summed E-state index contributed by atoms with van der Waals surface area (Å²) in [6, 6.07) is 13.4. The normalized spacial score (nSPS) is 12.2. The summed E-state index contributed by atoms with van der Waals surface area (Å²) in [5, 5.41) is 0.591. The van der Waals surface area contributed by atoms with E-state index in [-0.39, 0.29) is 5.91 Å². The monoisotopic (exact) mass is 323 g/mol. The lowest BCUT2D eigenvalue weighted by Gasteiger charge is -2.23. The molecule has 1 aromatic heterocycles. The molecule has 0 saturated carbocycles. The minimum atomic E-state index is -0.0654. The molecule has 5 heteroatoms. The third-order valence-corrected chi connectivity index (χ3v) is 4.29. The largest absolute Gasteiger partial charge is 0.295 e. The maximum atomic E-state index is 12.4. The number of rotatable bonds is 0. The number of anilines is 2. The fraction of sp³-hybridized carbons (Fsp3) is 0.111. The maximum Gasteiger partial charge on any atom is 0.228 e.